The Morgan fingerprint density at radius 1 is 1.28 bits per heavy atom. The van der Waals surface area contributed by atoms with Gasteiger partial charge in [0, 0.05) is 5.56 Å². The maximum atomic E-state index is 12.4. The Kier molecular flexibility index (Phi) is 5.12. The molecule has 1 amide bonds. The molecule has 0 atom stereocenters. The van der Waals surface area contributed by atoms with Gasteiger partial charge in [-0.25, -0.2) is 9.69 Å². The van der Waals surface area contributed by atoms with Crippen molar-refractivity contribution in [2.24, 2.45) is 9.39 Å². The van der Waals surface area contributed by atoms with Gasteiger partial charge < -0.3 is 9.15 Å². The number of methoxy groups -OCH3 is 1. The summed E-state index contributed by atoms with van der Waals surface area (Å²) in [7, 11) is 1.33. The van der Waals surface area contributed by atoms with Crippen molar-refractivity contribution in [1.29, 1.82) is 5.41 Å². The molecule has 2 aliphatic rings. The van der Waals surface area contributed by atoms with Crippen LogP contribution in [0.4, 0.5) is 0 Å². The van der Waals surface area contributed by atoms with E-state index in [0.29, 0.717) is 27.4 Å². The number of rotatable bonds is 3. The zero-order valence-corrected chi connectivity index (χ0v) is 17.0. The molecule has 0 bridgehead atoms. The van der Waals surface area contributed by atoms with Crippen molar-refractivity contribution >= 4 is 57.8 Å². The molecule has 146 valence electrons. The number of nitrogens with one attached hydrogen (secondary N) is 1. The van der Waals surface area contributed by atoms with Gasteiger partial charge in [-0.1, -0.05) is 23.9 Å². The normalized spacial score (nSPS) is 17.3. The molecule has 10 heteroatoms. The molecular formula is C19H14N4O4S2. The van der Waals surface area contributed by atoms with Crippen LogP contribution in [-0.2, 0) is 9.53 Å². The van der Waals surface area contributed by atoms with Crippen LogP contribution in [0.3, 0.4) is 0 Å². The summed E-state index contributed by atoms with van der Waals surface area (Å²) in [4.78, 5) is 29.5. The van der Waals surface area contributed by atoms with Gasteiger partial charge in [-0.3, -0.25) is 10.2 Å². The van der Waals surface area contributed by atoms with E-state index in [-0.39, 0.29) is 11.4 Å². The fraction of sp³-hybridized carbons (Fsp3) is 0.105. The third-order valence-electron chi connectivity index (χ3n) is 4.18. The third kappa shape index (κ3) is 3.52. The number of carbonyl (C=O) groups excluding carboxylic acids is 2. The number of furan rings is 1. The Bertz CT molecular complexity index is 1120. The maximum Gasteiger partial charge on any atom is 0.337 e. The molecule has 8 nitrogen and oxygen atoms in total. The van der Waals surface area contributed by atoms with E-state index in [0.717, 1.165) is 17.5 Å². The van der Waals surface area contributed by atoms with E-state index in [2.05, 4.69) is 14.1 Å². The number of ether oxygens (including phenoxy) is 1. The number of hydrogen-bond donors (Lipinski definition) is 1. The monoisotopic (exact) mass is 426 g/mol. The van der Waals surface area contributed by atoms with E-state index in [1.165, 1.54) is 29.8 Å². The summed E-state index contributed by atoms with van der Waals surface area (Å²) in [6.07, 6.45) is 3.35. The number of hydrogen-bond acceptors (Lipinski definition) is 8. The Morgan fingerprint density at radius 2 is 2.03 bits per heavy atom. The lowest BCUT2D eigenvalue weighted by Crippen LogP contribution is -2.41. The second-order valence-electron chi connectivity index (χ2n) is 5.88. The Morgan fingerprint density at radius 3 is 2.72 bits per heavy atom. The minimum atomic E-state index is -0.508. The largest absolute Gasteiger partial charge is 0.465 e. The second-order valence-corrected chi connectivity index (χ2v) is 7.39. The number of carbonyl (C=O) groups is 2. The topological polar surface area (TPSA) is 108 Å². The standard InChI is InChI=1S/C19H14N4O4S2/c1-26-17(25)11-5-3-10(4-6-11)14-8-7-12(27-14)9-13-15(20)23-18(21-16(13)24)29-22-19(23)28-2/h3-9,20H,1-2H3/b13-9-,20-15?. The van der Waals surface area contributed by atoms with Crippen molar-refractivity contribution in [2.75, 3.05) is 13.4 Å². The highest BCUT2D eigenvalue weighted by molar-refractivity contribution is 8.18. The zero-order valence-electron chi connectivity index (χ0n) is 15.3. The van der Waals surface area contributed by atoms with E-state index >= 15 is 0 Å². The molecule has 0 radical (unpaired) electrons. The van der Waals surface area contributed by atoms with Crippen LogP contribution in [-0.4, -0.2) is 46.3 Å². The first-order valence-corrected chi connectivity index (χ1v) is 10.3. The number of fused-ring (bicyclic) bond motifs is 1. The number of aliphatic imine (C=N–C) groups is 1. The van der Waals surface area contributed by atoms with E-state index < -0.39 is 11.9 Å². The summed E-state index contributed by atoms with van der Waals surface area (Å²) in [6.45, 7) is 0. The van der Waals surface area contributed by atoms with Gasteiger partial charge in [0.2, 0.25) is 5.17 Å². The fourth-order valence-corrected chi connectivity index (χ4v) is 4.20. The SMILES string of the molecule is COC(=O)c1ccc(-c2ccc(/C=C3/C(=N)N4C(SC)=NSC4=NC3=O)o2)cc1. The van der Waals surface area contributed by atoms with Crippen LogP contribution in [0.15, 0.2) is 55.8 Å². The van der Waals surface area contributed by atoms with Crippen molar-refractivity contribution in [1.82, 2.24) is 4.90 Å². The van der Waals surface area contributed by atoms with Crippen molar-refractivity contribution in [3.8, 4) is 11.3 Å². The minimum Gasteiger partial charge on any atom is -0.465 e. The highest BCUT2D eigenvalue weighted by Crippen LogP contribution is 2.31. The molecule has 2 aliphatic heterocycles. The molecule has 3 heterocycles. The molecule has 1 aromatic heterocycles. The molecule has 2 aromatic rings. The molecular weight excluding hydrogens is 412 g/mol. The molecule has 0 saturated heterocycles. The lowest BCUT2D eigenvalue weighted by molar-refractivity contribution is -0.114. The summed E-state index contributed by atoms with van der Waals surface area (Å²) in [5.74, 6) is 0.0719. The van der Waals surface area contributed by atoms with Crippen LogP contribution in [0.2, 0.25) is 0 Å². The first-order chi connectivity index (χ1) is 14.0. The van der Waals surface area contributed by atoms with Crippen molar-refractivity contribution < 1.29 is 18.7 Å². The summed E-state index contributed by atoms with van der Waals surface area (Å²) in [5.41, 5.74) is 1.33. The van der Waals surface area contributed by atoms with E-state index in [4.69, 9.17) is 9.83 Å². The first-order valence-electron chi connectivity index (χ1n) is 8.33. The predicted octanol–water partition coefficient (Wildman–Crippen LogP) is 3.67. The van der Waals surface area contributed by atoms with Crippen LogP contribution < -0.4 is 0 Å². The van der Waals surface area contributed by atoms with Crippen LogP contribution >= 0.6 is 23.7 Å². The lowest BCUT2D eigenvalue weighted by Gasteiger charge is -2.23. The van der Waals surface area contributed by atoms with Crippen LogP contribution in [0, 0.1) is 5.41 Å². The van der Waals surface area contributed by atoms with Crippen LogP contribution in [0.1, 0.15) is 16.1 Å². The van der Waals surface area contributed by atoms with E-state index in [1.807, 2.05) is 6.26 Å². The molecule has 0 unspecified atom stereocenters. The molecule has 0 fully saturated rings. The predicted molar refractivity (Wildman–Crippen MR) is 114 cm³/mol. The number of benzene rings is 1. The smallest absolute Gasteiger partial charge is 0.337 e. The van der Waals surface area contributed by atoms with Gasteiger partial charge in [-0.05, 0) is 36.6 Å². The van der Waals surface area contributed by atoms with Gasteiger partial charge in [-0.15, -0.1) is 0 Å². The molecule has 1 N–H and O–H groups in total. The number of nitrogens with zero attached hydrogens (tertiary/aromatic N) is 3. The summed E-state index contributed by atoms with van der Waals surface area (Å²) >= 11 is 2.45. The average Bonchev–Trinajstić information content (AvgIpc) is 3.37. The van der Waals surface area contributed by atoms with Gasteiger partial charge in [0.15, 0.2) is 5.17 Å². The Balaban J connectivity index is 1.61. The summed E-state index contributed by atoms with van der Waals surface area (Å²) < 4.78 is 14.7. The van der Waals surface area contributed by atoms with Crippen molar-refractivity contribution in [2.45, 2.75) is 0 Å². The van der Waals surface area contributed by atoms with Crippen molar-refractivity contribution in [3.63, 3.8) is 0 Å². The molecule has 0 spiro atoms. The Hall–Kier alpha value is -3.11. The summed E-state index contributed by atoms with van der Waals surface area (Å²) in [5, 5.41) is 9.38. The van der Waals surface area contributed by atoms with Crippen LogP contribution in [0.25, 0.3) is 17.4 Å². The number of esters is 1. The lowest BCUT2D eigenvalue weighted by atomic mass is 10.1. The Labute approximate surface area is 174 Å². The highest BCUT2D eigenvalue weighted by Gasteiger charge is 2.37. The average molecular weight is 426 g/mol. The van der Waals surface area contributed by atoms with Crippen LogP contribution in [0.5, 0.6) is 0 Å². The first kappa shape index (κ1) is 19.2. The molecule has 4 rings (SSSR count). The van der Waals surface area contributed by atoms with Crippen molar-refractivity contribution in [3.05, 3.63) is 53.3 Å². The number of amidine groups is 3. The maximum absolute atomic E-state index is 12.4. The zero-order chi connectivity index (χ0) is 20.5. The van der Waals surface area contributed by atoms with Gasteiger partial charge in [0.05, 0.1) is 30.2 Å². The van der Waals surface area contributed by atoms with Gasteiger partial charge in [0.25, 0.3) is 5.91 Å². The van der Waals surface area contributed by atoms with Gasteiger partial charge >= 0.3 is 5.97 Å². The minimum absolute atomic E-state index is 0.0125. The molecule has 0 saturated carbocycles. The molecule has 29 heavy (non-hydrogen) atoms. The highest BCUT2D eigenvalue weighted by atomic mass is 32.2. The number of thioether (sulfide) groups is 1. The van der Waals surface area contributed by atoms with E-state index in [9.17, 15) is 9.59 Å². The second kappa shape index (κ2) is 7.72. The molecule has 0 aliphatic carbocycles. The summed E-state index contributed by atoms with van der Waals surface area (Å²) in [6, 6.07) is 10.2. The fourth-order valence-electron chi connectivity index (χ4n) is 2.75. The number of amides is 1. The van der Waals surface area contributed by atoms with Gasteiger partial charge in [-0.2, -0.15) is 9.39 Å². The van der Waals surface area contributed by atoms with Gasteiger partial charge in [0.1, 0.15) is 17.4 Å². The quantitative estimate of drug-likeness (QED) is 0.453. The molecule has 1 aromatic carbocycles. The third-order valence-corrected chi connectivity index (χ3v) is 5.64. The van der Waals surface area contributed by atoms with E-state index in [1.54, 1.807) is 36.4 Å².